The van der Waals surface area contributed by atoms with E-state index in [2.05, 4.69) is 43.1 Å². The average Bonchev–Trinajstić information content (AvgIpc) is 2.25. The number of hydrogen-bond donors (Lipinski definition) is 1. The highest BCUT2D eigenvalue weighted by Gasteiger charge is 2.06. The molecule has 1 rings (SSSR count). The Morgan fingerprint density at radius 2 is 2.07 bits per heavy atom. The summed E-state index contributed by atoms with van der Waals surface area (Å²) in [6, 6.07) is 11.0. The van der Waals surface area contributed by atoms with Crippen LogP contribution in [0.25, 0.3) is 0 Å². The van der Waals surface area contributed by atoms with Gasteiger partial charge in [0.2, 0.25) is 0 Å². The maximum absolute atomic E-state index is 3.79. The Labute approximate surface area is 86.8 Å². The van der Waals surface area contributed by atoms with Gasteiger partial charge < -0.3 is 5.32 Å². The van der Waals surface area contributed by atoms with E-state index in [1.165, 1.54) is 12.0 Å². The Balaban J connectivity index is 2.62. The first-order valence-corrected chi connectivity index (χ1v) is 5.27. The van der Waals surface area contributed by atoms with Crippen molar-refractivity contribution in [3.63, 3.8) is 0 Å². The lowest BCUT2D eigenvalue weighted by Gasteiger charge is -2.16. The van der Waals surface area contributed by atoms with E-state index in [-0.39, 0.29) is 0 Å². The van der Waals surface area contributed by atoms with Crippen molar-refractivity contribution in [2.45, 2.75) is 25.8 Å². The van der Waals surface area contributed by atoms with E-state index in [9.17, 15) is 0 Å². The maximum atomic E-state index is 3.79. The lowest BCUT2D eigenvalue weighted by atomic mass is 10.0. The Hall–Kier alpha value is -1.08. The summed E-state index contributed by atoms with van der Waals surface area (Å²) in [5, 5.41) is 3.52. The van der Waals surface area contributed by atoms with Crippen LogP contribution < -0.4 is 5.32 Å². The smallest absolute Gasteiger partial charge is 0.0354 e. The SMILES string of the molecule is C=CC[C@@H](NCCC)c1ccccc1. The Bertz CT molecular complexity index is 253. The van der Waals surface area contributed by atoms with Crippen molar-refractivity contribution in [1.29, 1.82) is 0 Å². The molecule has 1 aromatic rings. The zero-order valence-corrected chi connectivity index (χ0v) is 8.87. The molecule has 0 saturated heterocycles. The van der Waals surface area contributed by atoms with Gasteiger partial charge in [-0.3, -0.25) is 0 Å². The molecule has 1 aromatic carbocycles. The van der Waals surface area contributed by atoms with Crippen LogP contribution in [0.2, 0.25) is 0 Å². The topological polar surface area (TPSA) is 12.0 Å². The van der Waals surface area contributed by atoms with Gasteiger partial charge >= 0.3 is 0 Å². The van der Waals surface area contributed by atoms with Crippen molar-refractivity contribution in [1.82, 2.24) is 5.32 Å². The summed E-state index contributed by atoms with van der Waals surface area (Å²) in [6.45, 7) is 7.04. The molecule has 0 saturated carbocycles. The first-order valence-electron chi connectivity index (χ1n) is 5.27. The molecule has 0 bridgehead atoms. The van der Waals surface area contributed by atoms with Gasteiger partial charge in [0, 0.05) is 6.04 Å². The molecule has 0 aliphatic heterocycles. The van der Waals surface area contributed by atoms with E-state index in [0.29, 0.717) is 6.04 Å². The predicted molar refractivity (Wildman–Crippen MR) is 62.3 cm³/mol. The Morgan fingerprint density at radius 1 is 1.36 bits per heavy atom. The van der Waals surface area contributed by atoms with E-state index in [4.69, 9.17) is 0 Å². The molecule has 1 heteroatoms. The summed E-state index contributed by atoms with van der Waals surface area (Å²) in [5.74, 6) is 0. The molecule has 0 radical (unpaired) electrons. The van der Waals surface area contributed by atoms with Crippen LogP contribution in [0.3, 0.4) is 0 Å². The first-order chi connectivity index (χ1) is 6.88. The fraction of sp³-hybridized carbons (Fsp3) is 0.385. The van der Waals surface area contributed by atoms with Gasteiger partial charge in [0.05, 0.1) is 0 Å². The van der Waals surface area contributed by atoms with Crippen molar-refractivity contribution in [2.75, 3.05) is 6.54 Å². The quantitative estimate of drug-likeness (QED) is 0.677. The highest BCUT2D eigenvalue weighted by atomic mass is 14.9. The minimum Gasteiger partial charge on any atom is -0.310 e. The number of nitrogens with one attached hydrogen (secondary N) is 1. The molecule has 0 heterocycles. The molecular formula is C13H19N. The highest BCUT2D eigenvalue weighted by Crippen LogP contribution is 2.16. The number of benzene rings is 1. The van der Waals surface area contributed by atoms with Gasteiger partial charge in [-0.25, -0.2) is 0 Å². The highest BCUT2D eigenvalue weighted by molar-refractivity contribution is 5.19. The lowest BCUT2D eigenvalue weighted by molar-refractivity contribution is 0.537. The lowest BCUT2D eigenvalue weighted by Crippen LogP contribution is -2.21. The Kier molecular flexibility index (Phi) is 5.02. The van der Waals surface area contributed by atoms with Gasteiger partial charge in [-0.1, -0.05) is 43.3 Å². The molecule has 0 spiro atoms. The summed E-state index contributed by atoms with van der Waals surface area (Å²) in [5.41, 5.74) is 1.35. The molecule has 0 aromatic heterocycles. The molecule has 0 fully saturated rings. The minimum absolute atomic E-state index is 0.425. The molecular weight excluding hydrogens is 170 g/mol. The van der Waals surface area contributed by atoms with Crippen LogP contribution in [-0.4, -0.2) is 6.54 Å². The maximum Gasteiger partial charge on any atom is 0.0354 e. The molecule has 1 nitrogen and oxygen atoms in total. The van der Waals surface area contributed by atoms with Crippen LogP contribution in [0.1, 0.15) is 31.4 Å². The average molecular weight is 189 g/mol. The second-order valence-electron chi connectivity index (χ2n) is 3.44. The van der Waals surface area contributed by atoms with Gasteiger partial charge in [-0.15, -0.1) is 6.58 Å². The molecule has 0 aliphatic rings. The summed E-state index contributed by atoms with van der Waals surface area (Å²) < 4.78 is 0. The van der Waals surface area contributed by atoms with Crippen LogP contribution in [0.15, 0.2) is 43.0 Å². The largest absolute Gasteiger partial charge is 0.310 e. The number of hydrogen-bond acceptors (Lipinski definition) is 1. The summed E-state index contributed by atoms with van der Waals surface area (Å²) in [7, 11) is 0. The zero-order chi connectivity index (χ0) is 10.2. The fourth-order valence-corrected chi connectivity index (χ4v) is 1.51. The van der Waals surface area contributed by atoms with E-state index in [0.717, 1.165) is 13.0 Å². The van der Waals surface area contributed by atoms with E-state index >= 15 is 0 Å². The van der Waals surface area contributed by atoms with Gasteiger partial charge in [-0.2, -0.15) is 0 Å². The van der Waals surface area contributed by atoms with Crippen LogP contribution in [0.5, 0.6) is 0 Å². The normalized spacial score (nSPS) is 12.4. The second kappa shape index (κ2) is 6.39. The molecule has 0 unspecified atom stereocenters. The zero-order valence-electron chi connectivity index (χ0n) is 8.87. The van der Waals surface area contributed by atoms with Crippen LogP contribution in [0, 0.1) is 0 Å². The third-order valence-electron chi connectivity index (χ3n) is 2.25. The number of rotatable bonds is 6. The van der Waals surface area contributed by atoms with Crippen LogP contribution >= 0.6 is 0 Å². The molecule has 76 valence electrons. The van der Waals surface area contributed by atoms with E-state index < -0.39 is 0 Å². The minimum atomic E-state index is 0.425. The van der Waals surface area contributed by atoms with Crippen molar-refractivity contribution in [3.05, 3.63) is 48.6 Å². The Morgan fingerprint density at radius 3 is 2.64 bits per heavy atom. The van der Waals surface area contributed by atoms with Gasteiger partial charge in [0.15, 0.2) is 0 Å². The second-order valence-corrected chi connectivity index (χ2v) is 3.44. The van der Waals surface area contributed by atoms with E-state index in [1.54, 1.807) is 0 Å². The van der Waals surface area contributed by atoms with E-state index in [1.807, 2.05) is 12.1 Å². The molecule has 14 heavy (non-hydrogen) atoms. The van der Waals surface area contributed by atoms with Gasteiger partial charge in [-0.05, 0) is 24.9 Å². The fourth-order valence-electron chi connectivity index (χ4n) is 1.51. The molecule has 1 atom stereocenters. The molecule has 1 N–H and O–H groups in total. The molecule has 0 amide bonds. The van der Waals surface area contributed by atoms with Crippen LogP contribution in [-0.2, 0) is 0 Å². The summed E-state index contributed by atoms with van der Waals surface area (Å²) >= 11 is 0. The van der Waals surface area contributed by atoms with Gasteiger partial charge in [0.25, 0.3) is 0 Å². The monoisotopic (exact) mass is 189 g/mol. The standard InChI is InChI=1S/C13H19N/c1-3-8-13(14-11-4-2)12-9-6-5-7-10-12/h3,5-7,9-10,13-14H,1,4,8,11H2,2H3/t13-/m1/s1. The summed E-state index contributed by atoms with van der Waals surface area (Å²) in [6.07, 6.45) is 4.13. The predicted octanol–water partition coefficient (Wildman–Crippen LogP) is 3.30. The van der Waals surface area contributed by atoms with Crippen molar-refractivity contribution in [2.24, 2.45) is 0 Å². The third-order valence-corrected chi connectivity index (χ3v) is 2.25. The van der Waals surface area contributed by atoms with Gasteiger partial charge in [0.1, 0.15) is 0 Å². The van der Waals surface area contributed by atoms with Crippen molar-refractivity contribution < 1.29 is 0 Å². The third kappa shape index (κ3) is 3.35. The van der Waals surface area contributed by atoms with Crippen molar-refractivity contribution in [3.8, 4) is 0 Å². The van der Waals surface area contributed by atoms with Crippen LogP contribution in [0.4, 0.5) is 0 Å². The molecule has 0 aliphatic carbocycles. The van der Waals surface area contributed by atoms with Crippen molar-refractivity contribution >= 4 is 0 Å². The summed E-state index contributed by atoms with van der Waals surface area (Å²) in [4.78, 5) is 0. The first kappa shape index (κ1) is 11.0.